The third kappa shape index (κ3) is 5.01. The van der Waals surface area contributed by atoms with E-state index >= 15 is 0 Å². The third-order valence-electron chi connectivity index (χ3n) is 6.14. The van der Waals surface area contributed by atoms with Gasteiger partial charge in [-0.2, -0.15) is 0 Å². The molecule has 4 rings (SSSR count). The number of aromatic nitrogens is 1. The van der Waals surface area contributed by atoms with Crippen LogP contribution in [0.2, 0.25) is 0 Å². The summed E-state index contributed by atoms with van der Waals surface area (Å²) >= 11 is 0. The number of benzene rings is 1. The average molecular weight is 394 g/mol. The highest BCUT2D eigenvalue weighted by Crippen LogP contribution is 2.21. The summed E-state index contributed by atoms with van der Waals surface area (Å²) in [7, 11) is 0. The number of carbonyl (C=O) groups excluding carboxylic acids is 1. The van der Waals surface area contributed by atoms with Crippen LogP contribution in [-0.4, -0.2) is 77.9 Å². The smallest absolute Gasteiger partial charge is 0.236 e. The van der Waals surface area contributed by atoms with Crippen LogP contribution in [-0.2, 0) is 11.3 Å². The van der Waals surface area contributed by atoms with E-state index in [1.165, 1.54) is 16.7 Å². The van der Waals surface area contributed by atoms with E-state index in [1.807, 2.05) is 17.2 Å². The number of hydrogen-bond donors (Lipinski definition) is 1. The zero-order valence-electron chi connectivity index (χ0n) is 17.3. The van der Waals surface area contributed by atoms with Crippen LogP contribution in [0.4, 0.5) is 0 Å². The topological polar surface area (TPSA) is 51.7 Å². The van der Waals surface area contributed by atoms with Crippen LogP contribution >= 0.6 is 0 Å². The Morgan fingerprint density at radius 2 is 1.93 bits per heavy atom. The second-order valence-electron chi connectivity index (χ2n) is 8.06. The summed E-state index contributed by atoms with van der Waals surface area (Å²) in [6.07, 6.45) is 3.71. The molecular weight excluding hydrogens is 362 g/mol. The lowest BCUT2D eigenvalue weighted by Crippen LogP contribution is -2.53. The largest absolute Gasteiger partial charge is 0.339 e. The molecule has 2 saturated heterocycles. The summed E-state index contributed by atoms with van der Waals surface area (Å²) < 4.78 is 0. The fourth-order valence-electron chi connectivity index (χ4n) is 4.29. The quantitative estimate of drug-likeness (QED) is 0.838. The molecule has 1 aromatic carbocycles. The number of hydrogen-bond acceptors (Lipinski definition) is 5. The molecule has 1 aromatic heterocycles. The summed E-state index contributed by atoms with van der Waals surface area (Å²) in [5, 5.41) is 3.45. The normalized spacial score (nSPS) is 21.3. The molecule has 1 amide bonds. The van der Waals surface area contributed by atoms with Crippen molar-refractivity contribution < 1.29 is 4.79 Å². The highest BCUT2D eigenvalue weighted by molar-refractivity contribution is 5.78. The van der Waals surface area contributed by atoms with Crippen LogP contribution in [0.5, 0.6) is 0 Å². The van der Waals surface area contributed by atoms with Gasteiger partial charge in [-0.3, -0.25) is 19.6 Å². The van der Waals surface area contributed by atoms with Crippen LogP contribution in [0.15, 0.2) is 48.8 Å². The first kappa shape index (κ1) is 20.0. The molecule has 1 N–H and O–H groups in total. The van der Waals surface area contributed by atoms with Gasteiger partial charge in [-0.15, -0.1) is 0 Å². The minimum atomic E-state index is 0.212. The van der Waals surface area contributed by atoms with E-state index in [4.69, 9.17) is 0 Å². The number of pyridine rings is 1. The highest BCUT2D eigenvalue weighted by Gasteiger charge is 2.28. The van der Waals surface area contributed by atoms with E-state index in [9.17, 15) is 4.79 Å². The molecular formula is C23H31N5O. The van der Waals surface area contributed by atoms with Crippen LogP contribution in [0.3, 0.4) is 0 Å². The lowest BCUT2D eigenvalue weighted by atomic mass is 10.1. The standard InChI is InChI=1S/C23H31N5O/c1-19-5-2-3-6-21(19)17-26-11-13-27(14-12-26)23(29)18-28-10-9-25-16-22(28)20-7-4-8-24-15-20/h2-8,15,22,25H,9-14,16-18H2,1H3. The Balaban J connectivity index is 1.30. The number of carbonyl (C=O) groups is 1. The first-order valence-electron chi connectivity index (χ1n) is 10.6. The van der Waals surface area contributed by atoms with Gasteiger partial charge >= 0.3 is 0 Å². The van der Waals surface area contributed by atoms with Crippen molar-refractivity contribution in [1.29, 1.82) is 0 Å². The van der Waals surface area contributed by atoms with Crippen molar-refractivity contribution in [3.63, 3.8) is 0 Å². The van der Waals surface area contributed by atoms with Crippen molar-refractivity contribution in [3.05, 3.63) is 65.5 Å². The van der Waals surface area contributed by atoms with Crippen molar-refractivity contribution in [3.8, 4) is 0 Å². The predicted molar refractivity (Wildman–Crippen MR) is 114 cm³/mol. The van der Waals surface area contributed by atoms with Crippen molar-refractivity contribution in [2.24, 2.45) is 0 Å². The van der Waals surface area contributed by atoms with Crippen LogP contribution in [0.1, 0.15) is 22.7 Å². The molecule has 6 heteroatoms. The molecule has 0 saturated carbocycles. The molecule has 0 aliphatic carbocycles. The van der Waals surface area contributed by atoms with Gasteiger partial charge in [0.1, 0.15) is 0 Å². The Morgan fingerprint density at radius 3 is 2.69 bits per heavy atom. The van der Waals surface area contributed by atoms with Gasteiger partial charge in [0, 0.05) is 70.8 Å². The van der Waals surface area contributed by atoms with Gasteiger partial charge in [0.2, 0.25) is 5.91 Å². The maximum absolute atomic E-state index is 13.0. The maximum atomic E-state index is 13.0. The minimum Gasteiger partial charge on any atom is -0.339 e. The van der Waals surface area contributed by atoms with Gasteiger partial charge in [-0.1, -0.05) is 30.3 Å². The molecule has 2 aliphatic rings. The Bertz CT molecular complexity index is 804. The molecule has 154 valence electrons. The summed E-state index contributed by atoms with van der Waals surface area (Å²) in [5.74, 6) is 0.247. The van der Waals surface area contributed by atoms with E-state index in [-0.39, 0.29) is 11.9 Å². The van der Waals surface area contributed by atoms with E-state index in [2.05, 4.69) is 57.4 Å². The molecule has 0 bridgehead atoms. The van der Waals surface area contributed by atoms with Gasteiger partial charge in [0.05, 0.1) is 6.54 Å². The fourth-order valence-corrected chi connectivity index (χ4v) is 4.29. The van der Waals surface area contributed by atoms with E-state index in [1.54, 1.807) is 6.20 Å². The number of amides is 1. The summed E-state index contributed by atoms with van der Waals surface area (Å²) in [6.45, 7) is 9.80. The van der Waals surface area contributed by atoms with Gasteiger partial charge in [-0.25, -0.2) is 0 Å². The molecule has 0 radical (unpaired) electrons. The maximum Gasteiger partial charge on any atom is 0.236 e. The van der Waals surface area contributed by atoms with E-state index in [0.29, 0.717) is 6.54 Å². The predicted octanol–water partition coefficient (Wildman–Crippen LogP) is 1.68. The SMILES string of the molecule is Cc1ccccc1CN1CCN(C(=O)CN2CCNCC2c2cccnc2)CC1. The zero-order chi connectivity index (χ0) is 20.1. The molecule has 2 fully saturated rings. The number of nitrogens with zero attached hydrogens (tertiary/aromatic N) is 4. The fraction of sp³-hybridized carbons (Fsp3) is 0.478. The monoisotopic (exact) mass is 393 g/mol. The van der Waals surface area contributed by atoms with Crippen molar-refractivity contribution in [2.45, 2.75) is 19.5 Å². The Labute approximate surface area is 173 Å². The number of nitrogens with one attached hydrogen (secondary N) is 1. The van der Waals surface area contributed by atoms with Gasteiger partial charge in [-0.05, 0) is 29.7 Å². The molecule has 3 heterocycles. The van der Waals surface area contributed by atoms with Gasteiger partial charge in [0.15, 0.2) is 0 Å². The van der Waals surface area contributed by atoms with Crippen molar-refractivity contribution in [2.75, 3.05) is 52.4 Å². The van der Waals surface area contributed by atoms with E-state index < -0.39 is 0 Å². The number of rotatable bonds is 5. The van der Waals surface area contributed by atoms with Gasteiger partial charge < -0.3 is 10.2 Å². The number of aryl methyl sites for hydroxylation is 1. The van der Waals surface area contributed by atoms with Crippen LogP contribution < -0.4 is 5.32 Å². The van der Waals surface area contributed by atoms with Crippen molar-refractivity contribution in [1.82, 2.24) is 25.0 Å². The van der Waals surface area contributed by atoms with Crippen molar-refractivity contribution >= 4 is 5.91 Å². The lowest BCUT2D eigenvalue weighted by molar-refractivity contribution is -0.135. The van der Waals surface area contributed by atoms with Crippen LogP contribution in [0.25, 0.3) is 0 Å². The molecule has 1 atom stereocenters. The summed E-state index contributed by atoms with van der Waals surface area (Å²) in [6, 6.07) is 12.9. The van der Waals surface area contributed by atoms with Crippen LogP contribution in [0, 0.1) is 6.92 Å². The summed E-state index contributed by atoms with van der Waals surface area (Å²) in [5.41, 5.74) is 3.90. The molecule has 2 aliphatic heterocycles. The second kappa shape index (κ2) is 9.48. The molecule has 6 nitrogen and oxygen atoms in total. The second-order valence-corrected chi connectivity index (χ2v) is 8.06. The zero-order valence-corrected chi connectivity index (χ0v) is 17.3. The first-order valence-corrected chi connectivity index (χ1v) is 10.6. The molecule has 1 unspecified atom stereocenters. The minimum absolute atomic E-state index is 0.212. The van der Waals surface area contributed by atoms with Gasteiger partial charge in [0.25, 0.3) is 0 Å². The Hall–Kier alpha value is -2.28. The Kier molecular flexibility index (Phi) is 6.54. The lowest BCUT2D eigenvalue weighted by Gasteiger charge is -2.39. The van der Waals surface area contributed by atoms with E-state index in [0.717, 1.165) is 52.4 Å². The number of piperazine rings is 2. The summed E-state index contributed by atoms with van der Waals surface area (Å²) in [4.78, 5) is 24.0. The third-order valence-corrected chi connectivity index (χ3v) is 6.14. The molecule has 0 spiro atoms. The highest BCUT2D eigenvalue weighted by atomic mass is 16.2. The molecule has 29 heavy (non-hydrogen) atoms. The Morgan fingerprint density at radius 1 is 1.10 bits per heavy atom. The average Bonchev–Trinajstić information content (AvgIpc) is 2.77. The first-order chi connectivity index (χ1) is 14.2. The molecule has 2 aromatic rings.